The number of hydrogen-bond acceptors (Lipinski definition) is 6. The number of benzene rings is 3. The Hall–Kier alpha value is -4.63. The number of amides is 2. The van der Waals surface area contributed by atoms with Gasteiger partial charge in [-0.15, -0.1) is 11.3 Å². The third kappa shape index (κ3) is 2.80. The molecule has 2 amide bonds. The lowest BCUT2D eigenvalue weighted by molar-refractivity contribution is -0.121. The summed E-state index contributed by atoms with van der Waals surface area (Å²) in [6.07, 6.45) is 1.53. The van der Waals surface area contributed by atoms with Gasteiger partial charge >= 0.3 is 0 Å². The van der Waals surface area contributed by atoms with Gasteiger partial charge in [0.1, 0.15) is 11.4 Å². The molecule has 0 bridgehead atoms. The molecular weight excluding hydrogens is 493 g/mol. The number of rotatable bonds is 3. The van der Waals surface area contributed by atoms with E-state index in [0.29, 0.717) is 11.3 Å². The molecule has 7 nitrogen and oxygen atoms in total. The molecule has 5 aromatic rings. The summed E-state index contributed by atoms with van der Waals surface area (Å²) in [7, 11) is 0. The fourth-order valence-corrected chi connectivity index (χ4v) is 6.07. The van der Waals surface area contributed by atoms with Gasteiger partial charge in [0.2, 0.25) is 5.76 Å². The average molecular weight is 510 g/mol. The first-order valence-electron chi connectivity index (χ1n) is 11.5. The van der Waals surface area contributed by atoms with Crippen molar-refractivity contribution in [2.75, 3.05) is 9.80 Å². The molecule has 0 fully saturated rings. The molecule has 0 saturated carbocycles. The fourth-order valence-electron chi connectivity index (χ4n) is 5.38. The number of thiazole rings is 1. The van der Waals surface area contributed by atoms with Crippen LogP contribution in [0.1, 0.15) is 27.2 Å². The second-order valence-corrected chi connectivity index (χ2v) is 9.71. The van der Waals surface area contributed by atoms with E-state index >= 15 is 0 Å². The molecule has 9 heteroatoms. The molecule has 0 N–H and O–H groups in total. The third-order valence-corrected chi connectivity index (χ3v) is 7.64. The van der Waals surface area contributed by atoms with Crippen LogP contribution >= 0.6 is 11.3 Å². The topological polar surface area (TPSA) is 83.7 Å². The van der Waals surface area contributed by atoms with Crippen LogP contribution in [0.25, 0.3) is 11.0 Å². The highest BCUT2D eigenvalue weighted by molar-refractivity contribution is 7.13. The number of carbonyl (C=O) groups is 2. The normalized spacial score (nSPS) is 18.2. The Morgan fingerprint density at radius 3 is 2.54 bits per heavy atom. The summed E-state index contributed by atoms with van der Waals surface area (Å²) in [5.74, 6) is -2.01. The molecule has 180 valence electrons. The van der Waals surface area contributed by atoms with Crippen molar-refractivity contribution in [2.45, 2.75) is 12.1 Å². The summed E-state index contributed by atoms with van der Waals surface area (Å²) in [5, 5.41) is 1.89. The zero-order valence-electron chi connectivity index (χ0n) is 19.1. The molecule has 1 unspecified atom stereocenters. The molecule has 4 heterocycles. The van der Waals surface area contributed by atoms with Gasteiger partial charge < -0.3 is 9.32 Å². The maximum atomic E-state index is 14.6. The summed E-state index contributed by atoms with van der Waals surface area (Å²) in [4.78, 5) is 49.8. The lowest BCUT2D eigenvalue weighted by atomic mass is 9.84. The fraction of sp³-hybridized carbons (Fsp3) is 0.0714. The lowest BCUT2D eigenvalue weighted by Crippen LogP contribution is -2.53. The van der Waals surface area contributed by atoms with Gasteiger partial charge in [-0.3, -0.25) is 19.3 Å². The quantitative estimate of drug-likeness (QED) is 0.348. The second-order valence-electron chi connectivity index (χ2n) is 8.84. The Morgan fingerprint density at radius 1 is 0.973 bits per heavy atom. The van der Waals surface area contributed by atoms with Crippen molar-refractivity contribution in [2.24, 2.45) is 0 Å². The van der Waals surface area contributed by atoms with E-state index < -0.39 is 28.6 Å². The number of aromatic nitrogens is 1. The lowest BCUT2D eigenvalue weighted by Gasteiger charge is -2.32. The third-order valence-electron chi connectivity index (χ3n) is 6.88. The van der Waals surface area contributed by atoms with E-state index in [1.807, 2.05) is 30.3 Å². The van der Waals surface area contributed by atoms with Crippen molar-refractivity contribution in [1.29, 1.82) is 0 Å². The molecule has 0 radical (unpaired) electrons. The number of carbonyl (C=O) groups excluding carboxylic acids is 2. The van der Waals surface area contributed by atoms with Crippen LogP contribution in [0.3, 0.4) is 0 Å². The van der Waals surface area contributed by atoms with E-state index in [1.165, 1.54) is 28.5 Å². The number of para-hydroxylation sites is 1. The van der Waals surface area contributed by atoms with Crippen LogP contribution < -0.4 is 15.2 Å². The first-order valence-corrected chi connectivity index (χ1v) is 12.4. The second kappa shape index (κ2) is 7.68. The smallest absolute Gasteiger partial charge is 0.297 e. The Balaban J connectivity index is 1.58. The molecule has 0 saturated heterocycles. The van der Waals surface area contributed by atoms with E-state index in [9.17, 15) is 18.8 Å². The van der Waals surface area contributed by atoms with Crippen LogP contribution in [0.4, 0.5) is 15.2 Å². The Bertz CT molecular complexity index is 1800. The van der Waals surface area contributed by atoms with Gasteiger partial charge in [0.15, 0.2) is 16.1 Å². The van der Waals surface area contributed by atoms with E-state index in [-0.39, 0.29) is 34.0 Å². The van der Waals surface area contributed by atoms with E-state index in [0.717, 1.165) is 17.7 Å². The largest absolute Gasteiger partial charge is 0.450 e. The minimum Gasteiger partial charge on any atom is -0.450 e. The molecule has 37 heavy (non-hydrogen) atoms. The van der Waals surface area contributed by atoms with E-state index in [2.05, 4.69) is 4.98 Å². The van der Waals surface area contributed by atoms with E-state index in [1.54, 1.807) is 34.5 Å². The predicted octanol–water partition coefficient (Wildman–Crippen LogP) is 4.84. The highest BCUT2D eigenvalue weighted by atomic mass is 32.1. The van der Waals surface area contributed by atoms with Crippen LogP contribution in [0, 0.1) is 5.82 Å². The van der Waals surface area contributed by atoms with Gasteiger partial charge in [0, 0.05) is 17.1 Å². The van der Waals surface area contributed by atoms with Crippen molar-refractivity contribution in [1.82, 2.24) is 4.98 Å². The molecule has 1 spiro atoms. The highest BCUT2D eigenvalue weighted by Gasteiger charge is 2.66. The zero-order chi connectivity index (χ0) is 25.3. The first-order chi connectivity index (χ1) is 18.0. The van der Waals surface area contributed by atoms with Crippen molar-refractivity contribution in [3.05, 3.63) is 123 Å². The first kappa shape index (κ1) is 21.6. The van der Waals surface area contributed by atoms with Gasteiger partial charge in [-0.1, -0.05) is 48.5 Å². The SMILES string of the molecule is O=C1c2oc3ccc(F)cc3c(=O)c2C2(C(=O)N(Cc3ccccc3)c3ccccc32)N1c1nccs1. The molecular formula is C28H16FN3O4S. The number of halogens is 1. The minimum atomic E-state index is -1.85. The van der Waals surface area contributed by atoms with Crippen molar-refractivity contribution in [3.8, 4) is 0 Å². The molecule has 2 aromatic heterocycles. The molecule has 7 rings (SSSR count). The summed E-state index contributed by atoms with van der Waals surface area (Å²) < 4.78 is 20.1. The molecule has 1 atom stereocenters. The van der Waals surface area contributed by atoms with Gasteiger partial charge in [-0.25, -0.2) is 9.37 Å². The molecule has 2 aliphatic heterocycles. The van der Waals surface area contributed by atoms with Gasteiger partial charge in [0.05, 0.1) is 23.2 Å². The van der Waals surface area contributed by atoms with Crippen LogP contribution in [-0.2, 0) is 16.9 Å². The number of nitrogens with zero attached hydrogens (tertiary/aromatic N) is 3. The van der Waals surface area contributed by atoms with Crippen molar-refractivity contribution >= 4 is 44.9 Å². The standard InChI is InChI=1S/C28H16FN3O4S/c29-17-10-11-21-18(14-17)23(33)22-24(36-21)25(34)32(27-30-12-13-37-27)28(22)19-8-4-5-9-20(19)31(26(28)35)15-16-6-2-1-3-7-16/h1-14H,15H2. The Morgan fingerprint density at radius 2 is 1.76 bits per heavy atom. The minimum absolute atomic E-state index is 0.0429. The monoisotopic (exact) mass is 509 g/mol. The summed E-state index contributed by atoms with van der Waals surface area (Å²) in [6.45, 7) is 0.223. The molecule has 3 aromatic carbocycles. The summed E-state index contributed by atoms with van der Waals surface area (Å²) in [6, 6.07) is 20.0. The van der Waals surface area contributed by atoms with Gasteiger partial charge in [0.25, 0.3) is 11.8 Å². The number of hydrogen-bond donors (Lipinski definition) is 0. The predicted molar refractivity (Wildman–Crippen MR) is 136 cm³/mol. The number of fused-ring (bicyclic) bond motifs is 5. The van der Waals surface area contributed by atoms with Gasteiger partial charge in [-0.2, -0.15) is 0 Å². The number of anilines is 2. The van der Waals surface area contributed by atoms with Crippen LogP contribution in [0.2, 0.25) is 0 Å². The van der Waals surface area contributed by atoms with E-state index in [4.69, 9.17) is 4.42 Å². The maximum absolute atomic E-state index is 14.6. The Labute approximate surface area is 213 Å². The van der Waals surface area contributed by atoms with Gasteiger partial charge in [-0.05, 0) is 29.8 Å². The maximum Gasteiger partial charge on any atom is 0.297 e. The van der Waals surface area contributed by atoms with Crippen LogP contribution in [-0.4, -0.2) is 16.8 Å². The van der Waals surface area contributed by atoms with Crippen LogP contribution in [0.5, 0.6) is 0 Å². The zero-order valence-corrected chi connectivity index (χ0v) is 19.9. The summed E-state index contributed by atoms with van der Waals surface area (Å²) in [5.41, 5.74) is -0.642. The van der Waals surface area contributed by atoms with Crippen LogP contribution in [0.15, 0.2) is 93.6 Å². The molecule has 2 aliphatic rings. The highest BCUT2D eigenvalue weighted by Crippen LogP contribution is 2.54. The van der Waals surface area contributed by atoms with Crippen molar-refractivity contribution < 1.29 is 18.4 Å². The summed E-state index contributed by atoms with van der Waals surface area (Å²) >= 11 is 1.17. The Kier molecular flexibility index (Phi) is 4.49. The van der Waals surface area contributed by atoms with Crippen molar-refractivity contribution in [3.63, 3.8) is 0 Å². The molecule has 0 aliphatic carbocycles. The average Bonchev–Trinajstić information content (AvgIpc) is 3.59.